The van der Waals surface area contributed by atoms with Gasteiger partial charge in [-0.2, -0.15) is 0 Å². The molecule has 0 spiro atoms. The van der Waals surface area contributed by atoms with Crippen LogP contribution < -0.4 is 5.32 Å². The Labute approximate surface area is 116 Å². The van der Waals surface area contributed by atoms with Crippen molar-refractivity contribution >= 4 is 23.6 Å². The molecular formula is C14H15ClFNO2. The number of benzene rings is 1. The Hall–Kier alpha value is -1.39. The molecule has 0 aliphatic heterocycles. The molecule has 102 valence electrons. The summed E-state index contributed by atoms with van der Waals surface area (Å²) in [6.45, 7) is 0.522. The van der Waals surface area contributed by atoms with Gasteiger partial charge in [0.1, 0.15) is 5.82 Å². The zero-order valence-corrected chi connectivity index (χ0v) is 11.1. The number of hydrogen-bond donors (Lipinski definition) is 2. The van der Waals surface area contributed by atoms with Crippen LogP contribution in [0.25, 0.3) is 6.08 Å². The Bertz CT molecular complexity index is 492. The Kier molecular flexibility index (Phi) is 4.22. The lowest BCUT2D eigenvalue weighted by Gasteiger charge is -2.11. The van der Waals surface area contributed by atoms with Crippen molar-refractivity contribution in [3.8, 4) is 0 Å². The molecule has 1 fully saturated rings. The molecule has 3 nitrogen and oxygen atoms in total. The average molecular weight is 284 g/mol. The summed E-state index contributed by atoms with van der Waals surface area (Å²) in [6.07, 6.45) is 4.45. The fourth-order valence-corrected chi connectivity index (χ4v) is 1.96. The smallest absolute Gasteiger partial charge is 0.244 e. The Morgan fingerprint density at radius 1 is 1.53 bits per heavy atom. The minimum absolute atomic E-state index is 0.0795. The molecule has 1 saturated carbocycles. The van der Waals surface area contributed by atoms with Gasteiger partial charge in [0.25, 0.3) is 0 Å². The van der Waals surface area contributed by atoms with E-state index in [0.29, 0.717) is 6.54 Å². The fraction of sp³-hybridized carbons (Fsp3) is 0.357. The molecule has 0 saturated heterocycles. The summed E-state index contributed by atoms with van der Waals surface area (Å²) in [5, 5.41) is 12.1. The van der Waals surface area contributed by atoms with Crippen LogP contribution in [0.15, 0.2) is 24.3 Å². The molecule has 5 heteroatoms. The maximum atomic E-state index is 13.4. The average Bonchev–Trinajstić information content (AvgIpc) is 3.16. The van der Waals surface area contributed by atoms with E-state index in [-0.39, 0.29) is 28.5 Å². The van der Waals surface area contributed by atoms with Gasteiger partial charge in [-0.25, -0.2) is 4.39 Å². The third kappa shape index (κ3) is 3.55. The van der Waals surface area contributed by atoms with Crippen molar-refractivity contribution in [3.05, 3.63) is 40.7 Å². The monoisotopic (exact) mass is 283 g/mol. The number of halogens is 2. The zero-order chi connectivity index (χ0) is 13.9. The first-order chi connectivity index (χ1) is 9.06. The molecule has 1 amide bonds. The minimum Gasteiger partial charge on any atom is -0.396 e. The topological polar surface area (TPSA) is 49.3 Å². The summed E-state index contributed by atoms with van der Waals surface area (Å²) in [4.78, 5) is 11.6. The molecule has 0 aromatic heterocycles. The maximum absolute atomic E-state index is 13.4. The highest BCUT2D eigenvalue weighted by atomic mass is 35.5. The Balaban J connectivity index is 1.93. The SMILES string of the molecule is O=C(/C=C/c1c(F)cccc1Cl)NCC1(CO)CC1. The van der Waals surface area contributed by atoms with E-state index in [9.17, 15) is 9.18 Å². The normalized spacial score (nSPS) is 16.6. The number of carbonyl (C=O) groups excluding carboxylic acids is 1. The van der Waals surface area contributed by atoms with Gasteiger partial charge in [0.2, 0.25) is 5.91 Å². The summed E-state index contributed by atoms with van der Waals surface area (Å²) >= 11 is 5.84. The lowest BCUT2D eigenvalue weighted by Crippen LogP contribution is -2.30. The highest BCUT2D eigenvalue weighted by Gasteiger charge is 2.41. The van der Waals surface area contributed by atoms with E-state index in [0.717, 1.165) is 12.8 Å². The summed E-state index contributed by atoms with van der Waals surface area (Å²) < 4.78 is 13.4. The van der Waals surface area contributed by atoms with Crippen LogP contribution in [0.3, 0.4) is 0 Å². The van der Waals surface area contributed by atoms with Gasteiger partial charge in [-0.05, 0) is 31.1 Å². The predicted molar refractivity (Wildman–Crippen MR) is 72.2 cm³/mol. The number of aliphatic hydroxyl groups excluding tert-OH is 1. The van der Waals surface area contributed by atoms with Gasteiger partial charge in [0.15, 0.2) is 0 Å². The molecule has 2 N–H and O–H groups in total. The van der Waals surface area contributed by atoms with Gasteiger partial charge in [-0.15, -0.1) is 0 Å². The van der Waals surface area contributed by atoms with Crippen LogP contribution in [-0.2, 0) is 4.79 Å². The first-order valence-corrected chi connectivity index (χ1v) is 6.45. The fourth-order valence-electron chi connectivity index (χ4n) is 1.73. The summed E-state index contributed by atoms with van der Waals surface area (Å²) in [5.74, 6) is -0.787. The van der Waals surface area contributed by atoms with E-state index >= 15 is 0 Å². The first kappa shape index (κ1) is 14.0. The molecule has 2 rings (SSSR count). The molecule has 0 heterocycles. The van der Waals surface area contributed by atoms with Crippen molar-refractivity contribution in [3.63, 3.8) is 0 Å². The molecule has 0 unspecified atom stereocenters. The molecule has 19 heavy (non-hydrogen) atoms. The molecule has 0 atom stereocenters. The Morgan fingerprint density at radius 3 is 2.84 bits per heavy atom. The molecule has 1 aliphatic rings. The van der Waals surface area contributed by atoms with Crippen LogP contribution in [0, 0.1) is 11.2 Å². The summed E-state index contributed by atoms with van der Waals surface area (Å²) in [7, 11) is 0. The van der Waals surface area contributed by atoms with Crippen molar-refractivity contribution in [2.45, 2.75) is 12.8 Å². The van der Waals surface area contributed by atoms with E-state index in [1.54, 1.807) is 6.07 Å². The Morgan fingerprint density at radius 2 is 2.26 bits per heavy atom. The number of hydrogen-bond acceptors (Lipinski definition) is 2. The van der Waals surface area contributed by atoms with Crippen molar-refractivity contribution in [1.29, 1.82) is 0 Å². The van der Waals surface area contributed by atoms with Crippen LogP contribution in [0.5, 0.6) is 0 Å². The highest BCUT2D eigenvalue weighted by Crippen LogP contribution is 2.44. The second kappa shape index (κ2) is 5.72. The molecule has 0 radical (unpaired) electrons. The second-order valence-electron chi connectivity index (χ2n) is 4.84. The van der Waals surface area contributed by atoms with Crippen LogP contribution in [-0.4, -0.2) is 24.2 Å². The van der Waals surface area contributed by atoms with Gasteiger partial charge >= 0.3 is 0 Å². The standard InChI is InChI=1S/C14H15ClFNO2/c15-11-2-1-3-12(16)10(11)4-5-13(19)17-8-14(9-18)6-7-14/h1-5,18H,6-9H2,(H,17,19)/b5-4+. The van der Waals surface area contributed by atoms with E-state index < -0.39 is 5.82 Å². The lowest BCUT2D eigenvalue weighted by atomic mass is 10.1. The van der Waals surface area contributed by atoms with Crippen LogP contribution in [0.2, 0.25) is 5.02 Å². The van der Waals surface area contributed by atoms with Crippen molar-refractivity contribution in [2.24, 2.45) is 5.41 Å². The first-order valence-electron chi connectivity index (χ1n) is 6.07. The molecule has 1 aliphatic carbocycles. The number of amides is 1. The van der Waals surface area contributed by atoms with Crippen molar-refractivity contribution in [1.82, 2.24) is 5.32 Å². The van der Waals surface area contributed by atoms with Crippen LogP contribution in [0.1, 0.15) is 18.4 Å². The van der Waals surface area contributed by atoms with E-state index in [1.807, 2.05) is 0 Å². The van der Waals surface area contributed by atoms with Gasteiger partial charge in [-0.3, -0.25) is 4.79 Å². The number of carbonyl (C=O) groups is 1. The number of rotatable bonds is 5. The predicted octanol–water partition coefficient (Wildman–Crippen LogP) is 2.38. The maximum Gasteiger partial charge on any atom is 0.244 e. The minimum atomic E-state index is -0.467. The molecule has 1 aromatic carbocycles. The summed E-state index contributed by atoms with van der Waals surface area (Å²) in [6, 6.07) is 4.36. The van der Waals surface area contributed by atoms with Gasteiger partial charge in [-0.1, -0.05) is 17.7 Å². The zero-order valence-electron chi connectivity index (χ0n) is 10.3. The van der Waals surface area contributed by atoms with Gasteiger partial charge < -0.3 is 10.4 Å². The van der Waals surface area contributed by atoms with E-state index in [1.165, 1.54) is 24.3 Å². The van der Waals surface area contributed by atoms with Crippen LogP contribution >= 0.6 is 11.6 Å². The highest BCUT2D eigenvalue weighted by molar-refractivity contribution is 6.32. The van der Waals surface area contributed by atoms with E-state index in [2.05, 4.69) is 5.32 Å². The van der Waals surface area contributed by atoms with E-state index in [4.69, 9.17) is 16.7 Å². The van der Waals surface area contributed by atoms with Gasteiger partial charge in [0.05, 0.1) is 11.6 Å². The quantitative estimate of drug-likeness (QED) is 0.815. The van der Waals surface area contributed by atoms with Crippen molar-refractivity contribution < 1.29 is 14.3 Å². The van der Waals surface area contributed by atoms with Gasteiger partial charge in [0, 0.05) is 23.6 Å². The third-order valence-corrected chi connectivity index (χ3v) is 3.66. The summed E-state index contributed by atoms with van der Waals surface area (Å²) in [5.41, 5.74) is 0.0571. The van der Waals surface area contributed by atoms with Crippen molar-refractivity contribution in [2.75, 3.05) is 13.2 Å². The third-order valence-electron chi connectivity index (χ3n) is 3.33. The largest absolute Gasteiger partial charge is 0.396 e. The second-order valence-corrected chi connectivity index (χ2v) is 5.25. The lowest BCUT2D eigenvalue weighted by molar-refractivity contribution is -0.116. The number of aliphatic hydroxyl groups is 1. The molecular weight excluding hydrogens is 269 g/mol. The van der Waals surface area contributed by atoms with Crippen LogP contribution in [0.4, 0.5) is 4.39 Å². The molecule has 0 bridgehead atoms. The number of nitrogens with one attached hydrogen (secondary N) is 1. The molecule has 1 aromatic rings.